The van der Waals surface area contributed by atoms with Gasteiger partial charge in [0, 0.05) is 0 Å². The number of aliphatic hydroxyl groups is 1. The van der Waals surface area contributed by atoms with E-state index in [4.69, 9.17) is 11.5 Å². The van der Waals surface area contributed by atoms with Crippen LogP contribution in [0.5, 0.6) is 0 Å². The molecular weight excluding hydrogens is 430 g/mol. The van der Waals surface area contributed by atoms with E-state index in [1.54, 1.807) is 0 Å². The van der Waals surface area contributed by atoms with Gasteiger partial charge in [0.15, 0.2) is 0 Å². The highest BCUT2D eigenvalue weighted by molar-refractivity contribution is 5.94. The third-order valence-corrected chi connectivity index (χ3v) is 5.52. The molecule has 11 nitrogen and oxygen atoms in total. The van der Waals surface area contributed by atoms with Crippen LogP contribution in [0.4, 0.5) is 0 Å². The molecule has 0 aromatic carbocycles. The zero-order valence-electron chi connectivity index (χ0n) is 20.5. The van der Waals surface area contributed by atoms with Crippen molar-refractivity contribution in [1.82, 2.24) is 16.0 Å². The number of carbonyl (C=O) groups excluding carboxylic acids is 3. The van der Waals surface area contributed by atoms with Crippen molar-refractivity contribution in [3.8, 4) is 0 Å². The zero-order valence-corrected chi connectivity index (χ0v) is 20.5. The van der Waals surface area contributed by atoms with E-state index >= 15 is 0 Å². The maximum Gasteiger partial charge on any atom is 0.326 e. The highest BCUT2D eigenvalue weighted by Crippen LogP contribution is 2.09. The number of rotatable bonds is 16. The van der Waals surface area contributed by atoms with Crippen LogP contribution < -0.4 is 27.4 Å². The van der Waals surface area contributed by atoms with Crippen molar-refractivity contribution in [2.45, 2.75) is 97.0 Å². The Morgan fingerprint density at radius 1 is 0.879 bits per heavy atom. The second-order valence-corrected chi connectivity index (χ2v) is 9.01. The Labute approximate surface area is 196 Å². The monoisotopic (exact) mass is 473 g/mol. The van der Waals surface area contributed by atoms with Gasteiger partial charge in [0.25, 0.3) is 0 Å². The summed E-state index contributed by atoms with van der Waals surface area (Å²) in [6, 6.07) is -4.35. The molecule has 0 aliphatic heterocycles. The lowest BCUT2D eigenvalue weighted by Crippen LogP contribution is -2.60. The highest BCUT2D eigenvalue weighted by atomic mass is 16.4. The number of nitrogens with one attached hydrogen (secondary N) is 3. The van der Waals surface area contributed by atoms with E-state index in [1.807, 2.05) is 27.7 Å². The zero-order chi connectivity index (χ0) is 25.7. The Morgan fingerprint density at radius 3 is 1.91 bits per heavy atom. The number of carboxylic acids is 1. The molecular formula is C22H43N5O6. The summed E-state index contributed by atoms with van der Waals surface area (Å²) in [6.07, 6.45) is 1.02. The number of aliphatic hydroxyl groups excluding tert-OH is 1. The summed E-state index contributed by atoms with van der Waals surface area (Å²) < 4.78 is 0. The van der Waals surface area contributed by atoms with Gasteiger partial charge in [-0.1, -0.05) is 34.1 Å². The molecule has 0 spiro atoms. The molecule has 0 radical (unpaired) electrons. The number of aliphatic carboxylic acids is 1. The Balaban J connectivity index is 5.46. The summed E-state index contributed by atoms with van der Waals surface area (Å²) in [4.78, 5) is 49.6. The van der Waals surface area contributed by atoms with Crippen molar-refractivity contribution < 1.29 is 29.4 Å². The van der Waals surface area contributed by atoms with Crippen LogP contribution in [0.2, 0.25) is 0 Å². The summed E-state index contributed by atoms with van der Waals surface area (Å²) in [6.45, 7) is 9.09. The third kappa shape index (κ3) is 11.4. The lowest BCUT2D eigenvalue weighted by Gasteiger charge is -2.27. The van der Waals surface area contributed by atoms with E-state index in [0.29, 0.717) is 25.8 Å². The topological polar surface area (TPSA) is 197 Å². The summed E-state index contributed by atoms with van der Waals surface area (Å²) in [5.41, 5.74) is 11.5. The fourth-order valence-electron chi connectivity index (χ4n) is 3.16. The summed E-state index contributed by atoms with van der Waals surface area (Å²) >= 11 is 0. The van der Waals surface area contributed by atoms with Gasteiger partial charge < -0.3 is 37.6 Å². The standard InChI is InChI=1S/C22H43N5O6/c1-6-13(4)17(24)20(30)25-15(9-7-8-10-23)19(29)27-18(14(5)28)21(31)26-16(22(32)33)11-12(2)3/h12-18,28H,6-11,23-24H2,1-5H3,(H,25,30)(H,26,31)(H,27,29)(H,32,33). The number of carboxylic acid groups (broad SMARTS) is 1. The first-order valence-corrected chi connectivity index (χ1v) is 11.6. The molecule has 0 aliphatic carbocycles. The molecule has 6 atom stereocenters. The average molecular weight is 474 g/mol. The maximum absolute atomic E-state index is 12.9. The Hall–Kier alpha value is -2.24. The lowest BCUT2D eigenvalue weighted by atomic mass is 9.98. The second kappa shape index (κ2) is 15.6. The first kappa shape index (κ1) is 30.8. The third-order valence-electron chi connectivity index (χ3n) is 5.52. The predicted molar refractivity (Wildman–Crippen MR) is 125 cm³/mol. The number of hydrogen-bond acceptors (Lipinski definition) is 7. The molecule has 6 unspecified atom stereocenters. The fourth-order valence-corrected chi connectivity index (χ4v) is 3.16. The van der Waals surface area contributed by atoms with Crippen LogP contribution in [-0.2, 0) is 19.2 Å². The van der Waals surface area contributed by atoms with Crippen molar-refractivity contribution in [2.24, 2.45) is 23.3 Å². The first-order chi connectivity index (χ1) is 15.3. The van der Waals surface area contributed by atoms with E-state index in [0.717, 1.165) is 0 Å². The van der Waals surface area contributed by atoms with Gasteiger partial charge in [-0.25, -0.2) is 4.79 Å². The smallest absolute Gasteiger partial charge is 0.326 e. The molecule has 0 saturated heterocycles. The minimum Gasteiger partial charge on any atom is -0.480 e. The molecule has 0 saturated carbocycles. The van der Waals surface area contributed by atoms with E-state index < -0.39 is 54.0 Å². The van der Waals surface area contributed by atoms with Crippen LogP contribution >= 0.6 is 0 Å². The molecule has 0 bridgehead atoms. The van der Waals surface area contributed by atoms with Crippen molar-refractivity contribution in [1.29, 1.82) is 0 Å². The molecule has 11 heteroatoms. The van der Waals surface area contributed by atoms with Gasteiger partial charge in [-0.15, -0.1) is 0 Å². The van der Waals surface area contributed by atoms with Crippen molar-refractivity contribution in [3.63, 3.8) is 0 Å². The first-order valence-electron chi connectivity index (χ1n) is 11.6. The van der Waals surface area contributed by atoms with Gasteiger partial charge in [-0.2, -0.15) is 0 Å². The Kier molecular flexibility index (Phi) is 14.5. The number of nitrogens with two attached hydrogens (primary N) is 2. The lowest BCUT2D eigenvalue weighted by molar-refractivity contribution is -0.143. The van der Waals surface area contributed by atoms with Gasteiger partial charge in [0.2, 0.25) is 17.7 Å². The molecule has 33 heavy (non-hydrogen) atoms. The van der Waals surface area contributed by atoms with Crippen LogP contribution in [0.25, 0.3) is 0 Å². The minimum absolute atomic E-state index is 0.00264. The van der Waals surface area contributed by atoms with Crippen molar-refractivity contribution >= 4 is 23.7 Å². The normalized spacial score (nSPS) is 16.8. The number of unbranched alkanes of at least 4 members (excludes halogenated alkanes) is 1. The molecule has 0 aliphatic rings. The maximum atomic E-state index is 12.9. The molecule has 0 aromatic rings. The van der Waals surface area contributed by atoms with Crippen LogP contribution in [0.3, 0.4) is 0 Å². The van der Waals surface area contributed by atoms with Crippen LogP contribution in [0.15, 0.2) is 0 Å². The molecule has 192 valence electrons. The molecule has 9 N–H and O–H groups in total. The molecule has 0 aromatic heterocycles. The number of amides is 3. The average Bonchev–Trinajstić information content (AvgIpc) is 2.74. The SMILES string of the molecule is CCC(C)C(N)C(=O)NC(CCCCN)C(=O)NC(C(=O)NC(CC(C)C)C(=O)O)C(C)O. The quantitative estimate of drug-likeness (QED) is 0.145. The van der Waals surface area contributed by atoms with E-state index in [2.05, 4.69) is 16.0 Å². The summed E-state index contributed by atoms with van der Waals surface area (Å²) in [7, 11) is 0. The van der Waals surface area contributed by atoms with Crippen LogP contribution in [0.1, 0.15) is 66.7 Å². The summed E-state index contributed by atoms with van der Waals surface area (Å²) in [5.74, 6) is -3.29. The van der Waals surface area contributed by atoms with Gasteiger partial charge in [-0.05, 0) is 51.0 Å². The second-order valence-electron chi connectivity index (χ2n) is 9.01. The van der Waals surface area contributed by atoms with E-state index in [-0.39, 0.29) is 24.7 Å². The van der Waals surface area contributed by atoms with Gasteiger partial charge >= 0.3 is 5.97 Å². The number of carbonyl (C=O) groups is 4. The summed E-state index contributed by atoms with van der Waals surface area (Å²) in [5, 5.41) is 26.9. The molecule has 0 rings (SSSR count). The predicted octanol–water partition coefficient (Wildman–Crippen LogP) is -0.545. The minimum atomic E-state index is -1.40. The molecule has 0 fully saturated rings. The van der Waals surface area contributed by atoms with E-state index in [9.17, 15) is 29.4 Å². The molecule has 3 amide bonds. The largest absolute Gasteiger partial charge is 0.480 e. The van der Waals surface area contributed by atoms with Crippen molar-refractivity contribution in [2.75, 3.05) is 6.54 Å². The Bertz CT molecular complexity index is 643. The van der Waals surface area contributed by atoms with Crippen molar-refractivity contribution in [3.05, 3.63) is 0 Å². The van der Waals surface area contributed by atoms with Gasteiger partial charge in [0.05, 0.1) is 12.1 Å². The van der Waals surface area contributed by atoms with Crippen LogP contribution in [0, 0.1) is 11.8 Å². The Morgan fingerprint density at radius 2 is 1.45 bits per heavy atom. The van der Waals surface area contributed by atoms with E-state index in [1.165, 1.54) is 6.92 Å². The van der Waals surface area contributed by atoms with Crippen LogP contribution in [-0.4, -0.2) is 70.7 Å². The highest BCUT2D eigenvalue weighted by Gasteiger charge is 2.33. The van der Waals surface area contributed by atoms with Gasteiger partial charge in [-0.3, -0.25) is 14.4 Å². The number of hydrogen-bond donors (Lipinski definition) is 7. The fraction of sp³-hybridized carbons (Fsp3) is 0.818. The van der Waals surface area contributed by atoms with Gasteiger partial charge in [0.1, 0.15) is 18.1 Å². The molecule has 0 heterocycles.